The summed E-state index contributed by atoms with van der Waals surface area (Å²) in [6, 6.07) is 0. The van der Waals surface area contributed by atoms with Crippen LogP contribution in [0, 0.1) is 17.8 Å². The van der Waals surface area contributed by atoms with E-state index in [4.69, 9.17) is 9.47 Å². The van der Waals surface area contributed by atoms with Gasteiger partial charge >= 0.3 is 5.97 Å². The minimum Gasteiger partial charge on any atom is -0.464 e. The second kappa shape index (κ2) is 6.88. The molecule has 1 rings (SSSR count). The van der Waals surface area contributed by atoms with Crippen LogP contribution in [0.15, 0.2) is 0 Å². The topological polar surface area (TPSA) is 52.6 Å². The number of ether oxygens (including phenoxy) is 2. The summed E-state index contributed by atoms with van der Waals surface area (Å²) >= 11 is 0. The van der Waals surface area contributed by atoms with E-state index in [-0.39, 0.29) is 18.3 Å². The van der Waals surface area contributed by atoms with Gasteiger partial charge in [-0.1, -0.05) is 13.8 Å². The number of rotatable bonds is 6. The van der Waals surface area contributed by atoms with E-state index in [1.807, 2.05) is 0 Å². The van der Waals surface area contributed by atoms with E-state index < -0.39 is 12.1 Å². The van der Waals surface area contributed by atoms with Gasteiger partial charge in [0.1, 0.15) is 0 Å². The van der Waals surface area contributed by atoms with Crippen molar-refractivity contribution < 1.29 is 19.1 Å². The number of esters is 1. The number of ketones is 1. The Morgan fingerprint density at radius 2 is 1.67 bits per heavy atom. The van der Waals surface area contributed by atoms with Crippen molar-refractivity contribution >= 4 is 11.8 Å². The van der Waals surface area contributed by atoms with Crippen molar-refractivity contribution in [2.45, 2.75) is 46.6 Å². The summed E-state index contributed by atoms with van der Waals surface area (Å²) in [6.07, 6.45) is 1.04. The molecule has 4 nitrogen and oxygen atoms in total. The van der Waals surface area contributed by atoms with Crippen molar-refractivity contribution in [3.8, 4) is 0 Å². The highest BCUT2D eigenvalue weighted by molar-refractivity contribution is 6.03. The number of hydrogen-bond donors (Lipinski definition) is 0. The van der Waals surface area contributed by atoms with Crippen LogP contribution < -0.4 is 0 Å². The van der Waals surface area contributed by atoms with Gasteiger partial charge in [0.05, 0.1) is 6.61 Å². The minimum absolute atomic E-state index is 0.0778. The maximum Gasteiger partial charge on any atom is 0.343 e. The maximum atomic E-state index is 12.4. The van der Waals surface area contributed by atoms with E-state index >= 15 is 0 Å². The lowest BCUT2D eigenvalue weighted by atomic mass is 9.85. The number of carbonyl (C=O) groups is 2. The molecule has 0 aromatic carbocycles. The van der Waals surface area contributed by atoms with Crippen molar-refractivity contribution in [1.29, 1.82) is 0 Å². The Labute approximate surface area is 109 Å². The summed E-state index contributed by atoms with van der Waals surface area (Å²) in [5, 5.41) is 0. The zero-order valence-electron chi connectivity index (χ0n) is 11.8. The largest absolute Gasteiger partial charge is 0.464 e. The summed E-state index contributed by atoms with van der Waals surface area (Å²) in [4.78, 5) is 24.2. The van der Waals surface area contributed by atoms with Crippen LogP contribution >= 0.6 is 0 Å². The predicted molar refractivity (Wildman–Crippen MR) is 68.1 cm³/mol. The van der Waals surface area contributed by atoms with Crippen LogP contribution in [-0.2, 0) is 19.1 Å². The van der Waals surface area contributed by atoms with Crippen LogP contribution in [0.3, 0.4) is 0 Å². The molecule has 0 amide bonds. The minimum atomic E-state index is -1.04. The molecule has 1 aliphatic rings. The lowest BCUT2D eigenvalue weighted by molar-refractivity contribution is -0.163. The molecule has 1 fully saturated rings. The number of Topliss-reactive ketones (excluding diaryl/α,β-unsaturated/α-hetero) is 1. The molecule has 0 N–H and O–H groups in total. The third-order valence-corrected chi connectivity index (χ3v) is 3.72. The summed E-state index contributed by atoms with van der Waals surface area (Å²) in [6.45, 7) is 8.25. The molecule has 0 bridgehead atoms. The molecule has 0 aliphatic heterocycles. The average molecular weight is 256 g/mol. The normalized spacial score (nSPS) is 29.0. The fraction of sp³-hybridized carbons (Fsp3) is 0.857. The van der Waals surface area contributed by atoms with Gasteiger partial charge in [-0.15, -0.1) is 0 Å². The first-order chi connectivity index (χ1) is 8.52. The summed E-state index contributed by atoms with van der Waals surface area (Å²) in [5.74, 6) is -0.0795. The molecule has 1 aliphatic carbocycles. The Kier molecular flexibility index (Phi) is 5.79. The van der Waals surface area contributed by atoms with Crippen LogP contribution in [0.5, 0.6) is 0 Å². The Bertz CT molecular complexity index is 290. The number of hydrogen-bond acceptors (Lipinski definition) is 4. The van der Waals surface area contributed by atoms with Crippen LogP contribution in [0.25, 0.3) is 0 Å². The van der Waals surface area contributed by atoms with E-state index in [0.717, 1.165) is 12.8 Å². The standard InChI is InChI=1S/C14H24O4/c1-5-17-13(14(16)18-6-2)12(15)11-9(3)7-8-10(11)4/h9-11,13H,5-8H2,1-4H3. The second-order valence-corrected chi connectivity index (χ2v) is 5.05. The Hall–Kier alpha value is -0.900. The van der Waals surface area contributed by atoms with Gasteiger partial charge in [-0.3, -0.25) is 4.79 Å². The molecule has 0 saturated heterocycles. The lowest BCUT2D eigenvalue weighted by Gasteiger charge is -2.23. The first-order valence-corrected chi connectivity index (χ1v) is 6.84. The molecule has 3 atom stereocenters. The first kappa shape index (κ1) is 15.2. The lowest BCUT2D eigenvalue weighted by Crippen LogP contribution is -2.41. The molecular formula is C14H24O4. The van der Waals surface area contributed by atoms with E-state index in [0.29, 0.717) is 18.4 Å². The van der Waals surface area contributed by atoms with Gasteiger partial charge in [0.25, 0.3) is 0 Å². The summed E-state index contributed by atoms with van der Waals surface area (Å²) in [7, 11) is 0. The number of carbonyl (C=O) groups excluding carboxylic acids is 2. The average Bonchev–Trinajstić information content (AvgIpc) is 2.65. The highest BCUT2D eigenvalue weighted by Gasteiger charge is 2.42. The van der Waals surface area contributed by atoms with Gasteiger partial charge in [0.15, 0.2) is 5.78 Å². The molecule has 4 heteroatoms. The smallest absolute Gasteiger partial charge is 0.343 e. The molecule has 0 spiro atoms. The quantitative estimate of drug-likeness (QED) is 0.540. The fourth-order valence-electron chi connectivity index (χ4n) is 2.83. The highest BCUT2D eigenvalue weighted by Crippen LogP contribution is 2.38. The highest BCUT2D eigenvalue weighted by atomic mass is 16.6. The molecule has 0 radical (unpaired) electrons. The van der Waals surface area contributed by atoms with E-state index in [1.54, 1.807) is 13.8 Å². The molecular weight excluding hydrogens is 232 g/mol. The van der Waals surface area contributed by atoms with Crippen LogP contribution in [-0.4, -0.2) is 31.1 Å². The fourth-order valence-corrected chi connectivity index (χ4v) is 2.83. The van der Waals surface area contributed by atoms with Crippen molar-refractivity contribution in [1.82, 2.24) is 0 Å². The zero-order valence-corrected chi connectivity index (χ0v) is 11.8. The zero-order chi connectivity index (χ0) is 13.7. The van der Waals surface area contributed by atoms with Crippen molar-refractivity contribution in [2.75, 3.05) is 13.2 Å². The summed E-state index contributed by atoms with van der Waals surface area (Å²) < 4.78 is 10.2. The third kappa shape index (κ3) is 3.31. The van der Waals surface area contributed by atoms with Crippen molar-refractivity contribution in [3.05, 3.63) is 0 Å². The Morgan fingerprint density at radius 1 is 1.11 bits per heavy atom. The van der Waals surface area contributed by atoms with Crippen LogP contribution in [0.2, 0.25) is 0 Å². The van der Waals surface area contributed by atoms with Gasteiger partial charge < -0.3 is 9.47 Å². The van der Waals surface area contributed by atoms with Crippen LogP contribution in [0.4, 0.5) is 0 Å². The first-order valence-electron chi connectivity index (χ1n) is 6.84. The van der Waals surface area contributed by atoms with Gasteiger partial charge in [-0.05, 0) is 38.5 Å². The maximum absolute atomic E-state index is 12.4. The Balaban J connectivity index is 2.78. The molecule has 18 heavy (non-hydrogen) atoms. The Morgan fingerprint density at radius 3 is 2.11 bits per heavy atom. The van der Waals surface area contributed by atoms with Gasteiger partial charge in [0, 0.05) is 12.5 Å². The monoisotopic (exact) mass is 256 g/mol. The molecule has 104 valence electrons. The third-order valence-electron chi connectivity index (χ3n) is 3.72. The van der Waals surface area contributed by atoms with Gasteiger partial charge in [0.2, 0.25) is 6.10 Å². The van der Waals surface area contributed by atoms with Crippen LogP contribution in [0.1, 0.15) is 40.5 Å². The van der Waals surface area contributed by atoms with E-state index in [9.17, 15) is 9.59 Å². The molecule has 0 aromatic heterocycles. The summed E-state index contributed by atoms with van der Waals surface area (Å²) in [5.41, 5.74) is 0. The predicted octanol–water partition coefficient (Wildman–Crippen LogP) is 2.21. The molecule has 3 unspecified atom stereocenters. The molecule has 0 aromatic rings. The van der Waals surface area contributed by atoms with Crippen molar-refractivity contribution in [2.24, 2.45) is 17.8 Å². The van der Waals surface area contributed by atoms with E-state index in [2.05, 4.69) is 13.8 Å². The molecule has 0 heterocycles. The van der Waals surface area contributed by atoms with Crippen molar-refractivity contribution in [3.63, 3.8) is 0 Å². The van der Waals surface area contributed by atoms with E-state index in [1.165, 1.54) is 0 Å². The van der Waals surface area contributed by atoms with Gasteiger partial charge in [-0.25, -0.2) is 4.79 Å². The SMILES string of the molecule is CCOC(=O)C(OCC)C(=O)C1C(C)CCC1C. The van der Waals surface area contributed by atoms with Gasteiger partial charge in [-0.2, -0.15) is 0 Å². The molecule has 1 saturated carbocycles. The second-order valence-electron chi connectivity index (χ2n) is 5.05.